The normalized spacial score (nSPS) is 21.4. The van der Waals surface area contributed by atoms with E-state index in [0.717, 1.165) is 5.56 Å². The van der Waals surface area contributed by atoms with E-state index in [0.29, 0.717) is 5.56 Å². The Labute approximate surface area is 124 Å². The fraction of sp³-hybridized carbons (Fsp3) is 0.462. The molecule has 0 aromatic heterocycles. The Morgan fingerprint density at radius 2 is 2.19 bits per heavy atom. The molecule has 0 radical (unpaired) electrons. The number of nitrogens with two attached hydrogens (primary N) is 1. The molecule has 0 aliphatic carbocycles. The Balaban J connectivity index is 2.31. The minimum atomic E-state index is -3.62. The molecule has 1 aliphatic heterocycles. The summed E-state index contributed by atoms with van der Waals surface area (Å²) in [5.74, 6) is -0.129. The highest BCUT2D eigenvalue weighted by Gasteiger charge is 2.33. The van der Waals surface area contributed by atoms with Crippen LogP contribution in [0.5, 0.6) is 0 Å². The Morgan fingerprint density at radius 3 is 2.81 bits per heavy atom. The predicted octanol–water partition coefficient (Wildman–Crippen LogP) is 0.439. The van der Waals surface area contributed by atoms with Crippen molar-refractivity contribution in [3.8, 4) is 0 Å². The van der Waals surface area contributed by atoms with Gasteiger partial charge in [0, 0.05) is 13.1 Å². The zero-order valence-corrected chi connectivity index (χ0v) is 12.8. The monoisotopic (exact) mass is 313 g/mol. The van der Waals surface area contributed by atoms with Crippen LogP contribution in [0.15, 0.2) is 28.3 Å². The molecule has 7 nitrogen and oxygen atoms in total. The molecule has 0 amide bonds. The van der Waals surface area contributed by atoms with Crippen molar-refractivity contribution < 1.29 is 18.4 Å². The first kappa shape index (κ1) is 15.7. The molecule has 116 valence electrons. The van der Waals surface area contributed by atoms with Gasteiger partial charge in [-0.1, -0.05) is 22.9 Å². The number of aryl methyl sites for hydroxylation is 2. The summed E-state index contributed by atoms with van der Waals surface area (Å²) < 4.78 is 32.0. The second-order valence-corrected chi connectivity index (χ2v) is 6.92. The minimum absolute atomic E-state index is 0.0333. The standard InChI is InChI=1S/C13H19N3O4S/c1-9-3-4-12(10(2)7-9)21(18,19)16-5-6-20-11(8-16)13(14)15-17/h3-4,7,11,17H,5-6,8H2,1-2H3,(H2,14,15). The summed E-state index contributed by atoms with van der Waals surface area (Å²) in [5, 5.41) is 11.6. The predicted molar refractivity (Wildman–Crippen MR) is 77.8 cm³/mol. The van der Waals surface area contributed by atoms with Crippen molar-refractivity contribution in [1.29, 1.82) is 0 Å². The lowest BCUT2D eigenvalue weighted by atomic mass is 10.2. The number of hydrogen-bond donors (Lipinski definition) is 2. The van der Waals surface area contributed by atoms with Gasteiger partial charge < -0.3 is 15.7 Å². The highest BCUT2D eigenvalue weighted by Crippen LogP contribution is 2.22. The fourth-order valence-electron chi connectivity index (χ4n) is 2.32. The molecule has 3 N–H and O–H groups in total. The van der Waals surface area contributed by atoms with Gasteiger partial charge >= 0.3 is 0 Å². The Bertz CT molecular complexity index is 657. The van der Waals surface area contributed by atoms with Gasteiger partial charge in [-0.25, -0.2) is 8.42 Å². The number of amidine groups is 1. The van der Waals surface area contributed by atoms with Gasteiger partial charge in [0.05, 0.1) is 11.5 Å². The molecule has 1 aromatic rings. The maximum absolute atomic E-state index is 12.7. The molecular formula is C13H19N3O4S. The van der Waals surface area contributed by atoms with E-state index in [9.17, 15) is 8.42 Å². The van der Waals surface area contributed by atoms with E-state index in [2.05, 4.69) is 5.16 Å². The average Bonchev–Trinajstić information content (AvgIpc) is 2.46. The van der Waals surface area contributed by atoms with Gasteiger partial charge in [0.25, 0.3) is 0 Å². The zero-order valence-electron chi connectivity index (χ0n) is 12.0. The van der Waals surface area contributed by atoms with Crippen molar-refractivity contribution in [2.45, 2.75) is 24.8 Å². The second-order valence-electron chi connectivity index (χ2n) is 5.02. The van der Waals surface area contributed by atoms with Crippen molar-refractivity contribution >= 4 is 15.9 Å². The quantitative estimate of drug-likeness (QED) is 0.364. The SMILES string of the molecule is Cc1ccc(S(=O)(=O)N2CCOC(C(N)=NO)C2)c(C)c1. The van der Waals surface area contributed by atoms with Crippen LogP contribution >= 0.6 is 0 Å². The molecule has 0 saturated carbocycles. The van der Waals surface area contributed by atoms with E-state index in [1.165, 1.54) is 4.31 Å². The number of hydrogen-bond acceptors (Lipinski definition) is 5. The number of rotatable bonds is 3. The number of morpholine rings is 1. The fourth-order valence-corrected chi connectivity index (χ4v) is 3.95. The van der Waals surface area contributed by atoms with Crippen molar-refractivity contribution in [1.82, 2.24) is 4.31 Å². The number of ether oxygens (including phenoxy) is 1. The van der Waals surface area contributed by atoms with E-state index in [1.54, 1.807) is 19.1 Å². The van der Waals surface area contributed by atoms with Crippen LogP contribution < -0.4 is 5.73 Å². The molecule has 1 aliphatic rings. The number of sulfonamides is 1. The summed E-state index contributed by atoms with van der Waals surface area (Å²) in [4.78, 5) is 0.272. The summed E-state index contributed by atoms with van der Waals surface area (Å²) in [6.45, 7) is 4.15. The number of oxime groups is 1. The van der Waals surface area contributed by atoms with Gasteiger partial charge in [0.1, 0.15) is 6.10 Å². The summed E-state index contributed by atoms with van der Waals surface area (Å²) >= 11 is 0. The number of nitrogens with zero attached hydrogens (tertiary/aromatic N) is 2. The molecule has 8 heteroatoms. The van der Waals surface area contributed by atoms with E-state index in [1.807, 2.05) is 13.0 Å². The Morgan fingerprint density at radius 1 is 1.48 bits per heavy atom. The van der Waals surface area contributed by atoms with Crippen LogP contribution in [0.1, 0.15) is 11.1 Å². The third-order valence-electron chi connectivity index (χ3n) is 3.42. The van der Waals surface area contributed by atoms with Gasteiger partial charge in [-0.15, -0.1) is 0 Å². The van der Waals surface area contributed by atoms with Crippen LogP contribution in [0.3, 0.4) is 0 Å². The average molecular weight is 313 g/mol. The third kappa shape index (κ3) is 3.17. The van der Waals surface area contributed by atoms with Gasteiger partial charge in [-0.05, 0) is 25.5 Å². The van der Waals surface area contributed by atoms with Crippen LogP contribution in [-0.4, -0.2) is 49.6 Å². The van der Waals surface area contributed by atoms with E-state index < -0.39 is 16.1 Å². The molecule has 1 atom stereocenters. The van der Waals surface area contributed by atoms with Crippen LogP contribution in [0.2, 0.25) is 0 Å². The van der Waals surface area contributed by atoms with Gasteiger partial charge in [-0.2, -0.15) is 4.31 Å². The van der Waals surface area contributed by atoms with Gasteiger partial charge in [0.15, 0.2) is 5.84 Å². The lowest BCUT2D eigenvalue weighted by Gasteiger charge is -2.31. The first-order chi connectivity index (χ1) is 9.86. The van der Waals surface area contributed by atoms with Crippen LogP contribution in [-0.2, 0) is 14.8 Å². The first-order valence-electron chi connectivity index (χ1n) is 6.52. The maximum Gasteiger partial charge on any atom is 0.243 e. The molecule has 1 unspecified atom stereocenters. The molecular weight excluding hydrogens is 294 g/mol. The lowest BCUT2D eigenvalue weighted by Crippen LogP contribution is -2.50. The highest BCUT2D eigenvalue weighted by molar-refractivity contribution is 7.89. The van der Waals surface area contributed by atoms with Crippen LogP contribution in [0.4, 0.5) is 0 Å². The molecule has 0 bridgehead atoms. The minimum Gasteiger partial charge on any atom is -0.409 e. The van der Waals surface area contributed by atoms with Crippen molar-refractivity contribution in [2.24, 2.45) is 10.9 Å². The summed E-state index contributed by atoms with van der Waals surface area (Å²) in [6, 6.07) is 5.20. The smallest absolute Gasteiger partial charge is 0.243 e. The van der Waals surface area contributed by atoms with Crippen molar-refractivity contribution in [2.75, 3.05) is 19.7 Å². The summed E-state index contributed by atoms with van der Waals surface area (Å²) in [6.07, 6.45) is -0.732. The zero-order chi connectivity index (χ0) is 15.6. The van der Waals surface area contributed by atoms with Gasteiger partial charge in [-0.3, -0.25) is 0 Å². The van der Waals surface area contributed by atoms with Crippen molar-refractivity contribution in [3.05, 3.63) is 29.3 Å². The van der Waals surface area contributed by atoms with Crippen molar-refractivity contribution in [3.63, 3.8) is 0 Å². The van der Waals surface area contributed by atoms with E-state index >= 15 is 0 Å². The molecule has 2 rings (SSSR count). The Hall–Kier alpha value is -1.64. The molecule has 0 spiro atoms. The van der Waals surface area contributed by atoms with Crippen LogP contribution in [0.25, 0.3) is 0 Å². The Kier molecular flexibility index (Phi) is 4.50. The molecule has 21 heavy (non-hydrogen) atoms. The lowest BCUT2D eigenvalue weighted by molar-refractivity contribution is 0.0355. The van der Waals surface area contributed by atoms with Gasteiger partial charge in [0.2, 0.25) is 10.0 Å². The largest absolute Gasteiger partial charge is 0.409 e. The molecule has 1 saturated heterocycles. The summed E-state index contributed by atoms with van der Waals surface area (Å²) in [5.41, 5.74) is 7.19. The maximum atomic E-state index is 12.7. The van der Waals surface area contributed by atoms with E-state index in [4.69, 9.17) is 15.7 Å². The topological polar surface area (TPSA) is 105 Å². The number of benzene rings is 1. The third-order valence-corrected chi connectivity index (χ3v) is 5.45. The van der Waals surface area contributed by atoms with E-state index in [-0.39, 0.29) is 30.4 Å². The van der Waals surface area contributed by atoms with Crippen LogP contribution in [0, 0.1) is 13.8 Å². The second kappa shape index (κ2) is 6.00. The first-order valence-corrected chi connectivity index (χ1v) is 7.96. The highest BCUT2D eigenvalue weighted by atomic mass is 32.2. The molecule has 1 heterocycles. The molecule has 1 fully saturated rings. The molecule has 1 aromatic carbocycles. The summed E-state index contributed by atoms with van der Waals surface area (Å²) in [7, 11) is -3.62.